The van der Waals surface area contributed by atoms with Crippen LogP contribution >= 0.6 is 11.6 Å². The van der Waals surface area contributed by atoms with Gasteiger partial charge in [0.15, 0.2) is 0 Å². The van der Waals surface area contributed by atoms with Crippen molar-refractivity contribution in [3.05, 3.63) is 28.8 Å². The van der Waals surface area contributed by atoms with Crippen molar-refractivity contribution in [3.8, 4) is 5.75 Å². The molecule has 1 aromatic rings. The number of benzene rings is 1. The number of amides is 1. The summed E-state index contributed by atoms with van der Waals surface area (Å²) < 4.78 is 5.15. The molecule has 0 unspecified atom stereocenters. The molecule has 1 aromatic carbocycles. The van der Waals surface area contributed by atoms with E-state index in [2.05, 4.69) is 5.32 Å². The van der Waals surface area contributed by atoms with Crippen LogP contribution in [0.2, 0.25) is 5.02 Å². The van der Waals surface area contributed by atoms with Gasteiger partial charge in [-0.2, -0.15) is 0 Å². The Labute approximate surface area is 106 Å². The molecule has 0 spiro atoms. The highest BCUT2D eigenvalue weighted by Gasteiger charge is 2.23. The van der Waals surface area contributed by atoms with Crippen molar-refractivity contribution in [3.63, 3.8) is 0 Å². The number of aliphatic hydroxyl groups is 1. The van der Waals surface area contributed by atoms with Gasteiger partial charge in [-0.15, -0.1) is 0 Å². The first-order valence-corrected chi connectivity index (χ1v) is 5.56. The molecule has 1 rings (SSSR count). The van der Waals surface area contributed by atoms with E-state index in [0.717, 1.165) is 0 Å². The topological polar surface area (TPSA) is 58.6 Å². The highest BCUT2D eigenvalue weighted by Crippen LogP contribution is 2.25. The maximum atomic E-state index is 11.5. The second-order valence-electron chi connectivity index (χ2n) is 4.16. The van der Waals surface area contributed by atoms with E-state index < -0.39 is 11.5 Å². The minimum Gasteiger partial charge on any atom is -0.496 e. The lowest BCUT2D eigenvalue weighted by Gasteiger charge is -2.17. The second kappa shape index (κ2) is 5.38. The van der Waals surface area contributed by atoms with Gasteiger partial charge in [-0.25, -0.2) is 0 Å². The predicted molar refractivity (Wildman–Crippen MR) is 66.1 cm³/mol. The van der Waals surface area contributed by atoms with E-state index in [9.17, 15) is 9.90 Å². The number of hydrogen-bond donors (Lipinski definition) is 2. The van der Waals surface area contributed by atoms with E-state index in [0.29, 0.717) is 16.3 Å². The molecule has 0 radical (unpaired) electrons. The number of nitrogens with one attached hydrogen (secondary N) is 1. The number of carbonyl (C=O) groups is 1. The highest BCUT2D eigenvalue weighted by atomic mass is 35.5. The van der Waals surface area contributed by atoms with Crippen LogP contribution in [0, 0.1) is 0 Å². The van der Waals surface area contributed by atoms with Crippen LogP contribution in [0.4, 0.5) is 0 Å². The number of halogens is 1. The summed E-state index contributed by atoms with van der Waals surface area (Å²) in [5, 5.41) is 12.6. The van der Waals surface area contributed by atoms with Crippen molar-refractivity contribution < 1.29 is 14.6 Å². The van der Waals surface area contributed by atoms with E-state index in [1.54, 1.807) is 18.2 Å². The van der Waals surface area contributed by atoms with Crippen molar-refractivity contribution in [2.45, 2.75) is 26.0 Å². The summed E-state index contributed by atoms with van der Waals surface area (Å²) in [6.07, 6.45) is 0. The lowest BCUT2D eigenvalue weighted by atomic mass is 10.1. The Bertz CT molecular complexity index is 413. The van der Waals surface area contributed by atoms with Gasteiger partial charge in [0.1, 0.15) is 11.4 Å². The molecule has 94 valence electrons. The Morgan fingerprint density at radius 3 is 2.71 bits per heavy atom. The van der Waals surface area contributed by atoms with Crippen molar-refractivity contribution >= 4 is 17.5 Å². The quantitative estimate of drug-likeness (QED) is 0.864. The molecular formula is C12H16ClNO3. The van der Waals surface area contributed by atoms with Gasteiger partial charge in [0.2, 0.25) is 0 Å². The number of ether oxygens (including phenoxy) is 1. The third kappa shape index (κ3) is 3.61. The standard InChI is InChI=1S/C12H16ClNO3/c1-12(2,16)11(15)14-7-8-9(13)5-4-6-10(8)17-3/h4-6,16H,7H2,1-3H3,(H,14,15). The molecule has 17 heavy (non-hydrogen) atoms. The molecule has 0 aliphatic rings. The molecule has 2 N–H and O–H groups in total. The minimum absolute atomic E-state index is 0.214. The van der Waals surface area contributed by atoms with Crippen LogP contribution < -0.4 is 10.1 Å². The van der Waals surface area contributed by atoms with E-state index in [-0.39, 0.29) is 6.54 Å². The van der Waals surface area contributed by atoms with E-state index >= 15 is 0 Å². The van der Waals surface area contributed by atoms with Gasteiger partial charge in [-0.1, -0.05) is 17.7 Å². The predicted octanol–water partition coefficient (Wildman–Crippen LogP) is 1.74. The van der Waals surface area contributed by atoms with Gasteiger partial charge in [-0.3, -0.25) is 4.79 Å². The van der Waals surface area contributed by atoms with Crippen LogP contribution in [-0.2, 0) is 11.3 Å². The average Bonchev–Trinajstić information content (AvgIpc) is 2.25. The van der Waals surface area contributed by atoms with E-state index in [4.69, 9.17) is 16.3 Å². The molecule has 0 aliphatic carbocycles. The molecule has 4 nitrogen and oxygen atoms in total. The van der Waals surface area contributed by atoms with Crippen LogP contribution in [0.5, 0.6) is 5.75 Å². The maximum absolute atomic E-state index is 11.5. The zero-order valence-electron chi connectivity index (χ0n) is 10.1. The first-order valence-electron chi connectivity index (χ1n) is 5.18. The number of hydrogen-bond acceptors (Lipinski definition) is 3. The number of methoxy groups -OCH3 is 1. The average molecular weight is 258 g/mol. The van der Waals surface area contributed by atoms with Crippen LogP contribution in [0.1, 0.15) is 19.4 Å². The molecule has 5 heteroatoms. The number of rotatable bonds is 4. The summed E-state index contributed by atoms with van der Waals surface area (Å²) in [4.78, 5) is 11.5. The molecule has 0 saturated carbocycles. The smallest absolute Gasteiger partial charge is 0.251 e. The Hall–Kier alpha value is -1.26. The summed E-state index contributed by atoms with van der Waals surface area (Å²) >= 11 is 6.01. The Balaban J connectivity index is 2.79. The Kier molecular flexibility index (Phi) is 4.37. The maximum Gasteiger partial charge on any atom is 0.251 e. The Morgan fingerprint density at radius 1 is 1.53 bits per heavy atom. The molecule has 0 aliphatic heterocycles. The summed E-state index contributed by atoms with van der Waals surface area (Å²) in [5.74, 6) is 0.146. The molecule has 0 bridgehead atoms. The van der Waals surface area contributed by atoms with Crippen molar-refractivity contribution in [1.82, 2.24) is 5.32 Å². The van der Waals surface area contributed by atoms with Gasteiger partial charge in [0, 0.05) is 17.1 Å². The highest BCUT2D eigenvalue weighted by molar-refractivity contribution is 6.31. The summed E-state index contributed by atoms with van der Waals surface area (Å²) in [5.41, 5.74) is -0.719. The first kappa shape index (κ1) is 13.8. The molecule has 0 aromatic heterocycles. The van der Waals surface area contributed by atoms with Gasteiger partial charge in [0.25, 0.3) is 5.91 Å². The molecule has 0 fully saturated rings. The van der Waals surface area contributed by atoms with E-state index in [1.807, 2.05) is 0 Å². The van der Waals surface area contributed by atoms with Crippen molar-refractivity contribution in [1.29, 1.82) is 0 Å². The molecule has 0 atom stereocenters. The fourth-order valence-corrected chi connectivity index (χ4v) is 1.52. The molecule has 0 heterocycles. The number of carbonyl (C=O) groups excluding carboxylic acids is 1. The minimum atomic E-state index is -1.41. The van der Waals surface area contributed by atoms with Crippen LogP contribution in [-0.4, -0.2) is 23.7 Å². The molecule has 1 amide bonds. The third-order valence-corrected chi connectivity index (χ3v) is 2.63. The van der Waals surface area contributed by atoms with Gasteiger partial charge in [0.05, 0.1) is 7.11 Å². The fourth-order valence-electron chi connectivity index (χ4n) is 1.29. The molecule has 0 saturated heterocycles. The fraction of sp³-hybridized carbons (Fsp3) is 0.417. The van der Waals surface area contributed by atoms with E-state index in [1.165, 1.54) is 21.0 Å². The SMILES string of the molecule is COc1cccc(Cl)c1CNC(=O)C(C)(C)O. The van der Waals surface area contributed by atoms with Gasteiger partial charge >= 0.3 is 0 Å². The van der Waals surface area contributed by atoms with Gasteiger partial charge < -0.3 is 15.2 Å². The largest absolute Gasteiger partial charge is 0.496 e. The third-order valence-electron chi connectivity index (χ3n) is 2.28. The summed E-state index contributed by atoms with van der Waals surface area (Å²) in [6, 6.07) is 5.25. The van der Waals surface area contributed by atoms with Crippen LogP contribution in [0.15, 0.2) is 18.2 Å². The van der Waals surface area contributed by atoms with Crippen LogP contribution in [0.25, 0.3) is 0 Å². The molecular weight excluding hydrogens is 242 g/mol. The van der Waals surface area contributed by atoms with Crippen LogP contribution in [0.3, 0.4) is 0 Å². The summed E-state index contributed by atoms with van der Waals surface area (Å²) in [6.45, 7) is 3.06. The zero-order valence-corrected chi connectivity index (χ0v) is 10.8. The van der Waals surface area contributed by atoms with Gasteiger partial charge in [-0.05, 0) is 26.0 Å². The second-order valence-corrected chi connectivity index (χ2v) is 4.57. The Morgan fingerprint density at radius 2 is 2.18 bits per heavy atom. The zero-order chi connectivity index (χ0) is 13.1. The monoisotopic (exact) mass is 257 g/mol. The first-order chi connectivity index (χ1) is 7.86. The van der Waals surface area contributed by atoms with Crippen molar-refractivity contribution in [2.75, 3.05) is 7.11 Å². The lowest BCUT2D eigenvalue weighted by molar-refractivity contribution is -0.136. The summed E-state index contributed by atoms with van der Waals surface area (Å²) in [7, 11) is 1.53. The normalized spacial score (nSPS) is 11.1. The van der Waals surface area contributed by atoms with Crippen molar-refractivity contribution in [2.24, 2.45) is 0 Å². The lowest BCUT2D eigenvalue weighted by Crippen LogP contribution is -2.41.